The van der Waals surface area contributed by atoms with Crippen LogP contribution in [0.4, 0.5) is 0 Å². The summed E-state index contributed by atoms with van der Waals surface area (Å²) in [7, 11) is 3.21. The van der Waals surface area contributed by atoms with E-state index in [9.17, 15) is 24.0 Å². The fourth-order valence-corrected chi connectivity index (χ4v) is 5.26. The van der Waals surface area contributed by atoms with Crippen molar-refractivity contribution in [2.45, 2.75) is 29.8 Å². The predicted octanol–water partition coefficient (Wildman–Crippen LogP) is 0.161. The Morgan fingerprint density at radius 3 is 2.09 bits per heavy atom. The molecule has 2 heterocycles. The Balaban J connectivity index is 2.04. The third kappa shape index (κ3) is 3.15. The maximum Gasteiger partial charge on any atom is 0.348 e. The normalized spacial score (nSPS) is 23.1. The van der Waals surface area contributed by atoms with Gasteiger partial charge in [0.2, 0.25) is 11.4 Å². The average Bonchev–Trinajstić information content (AvgIpc) is 2.81. The lowest BCUT2D eigenvalue weighted by Gasteiger charge is -2.59. The molecule has 0 bridgehead atoms. The number of carbonyl (C=O) groups excluding carboxylic acids is 5. The van der Waals surface area contributed by atoms with E-state index in [1.54, 1.807) is 30.3 Å². The van der Waals surface area contributed by atoms with Crippen LogP contribution in [0.1, 0.15) is 12.5 Å². The Labute approximate surface area is 188 Å². The fourth-order valence-electron chi connectivity index (χ4n) is 3.92. The van der Waals surface area contributed by atoms with Crippen LogP contribution in [0.3, 0.4) is 0 Å². The van der Waals surface area contributed by atoms with Gasteiger partial charge in [-0.2, -0.15) is 0 Å². The molecule has 2 amide bonds. The number of β-lactam (4-membered cyclic amide) rings is 1. The first kappa shape index (κ1) is 23.3. The van der Waals surface area contributed by atoms with Gasteiger partial charge in [0.25, 0.3) is 11.4 Å². The van der Waals surface area contributed by atoms with Gasteiger partial charge in [-0.3, -0.25) is 14.5 Å². The Hall–Kier alpha value is -3.34. The Morgan fingerprint density at radius 1 is 1.00 bits per heavy atom. The van der Waals surface area contributed by atoms with Gasteiger partial charge in [0, 0.05) is 0 Å². The average molecular weight is 462 g/mol. The van der Waals surface area contributed by atoms with Crippen LogP contribution < -0.4 is 5.32 Å². The van der Waals surface area contributed by atoms with Crippen molar-refractivity contribution in [3.05, 3.63) is 46.9 Å². The molecule has 3 rings (SSSR count). The number of fused-ring (bicyclic) bond motifs is 1. The number of hydrogen-bond acceptors (Lipinski definition) is 9. The van der Waals surface area contributed by atoms with Crippen LogP contribution >= 0.6 is 11.8 Å². The molecule has 1 aromatic carbocycles. The van der Waals surface area contributed by atoms with Gasteiger partial charge in [-0.25, -0.2) is 14.4 Å². The van der Waals surface area contributed by atoms with Crippen molar-refractivity contribution in [1.82, 2.24) is 10.2 Å². The van der Waals surface area contributed by atoms with Gasteiger partial charge >= 0.3 is 17.9 Å². The smallest absolute Gasteiger partial charge is 0.348 e. The third-order valence-electron chi connectivity index (χ3n) is 5.48. The Bertz CT molecular complexity index is 992. The molecule has 0 saturated carbocycles. The number of nitrogens with one attached hydrogen (secondary N) is 1. The first-order valence-corrected chi connectivity index (χ1v) is 10.4. The molecule has 0 spiro atoms. The number of nitrogens with zero attached hydrogens (tertiary/aromatic N) is 1. The second-order valence-corrected chi connectivity index (χ2v) is 8.12. The first-order chi connectivity index (χ1) is 15.2. The van der Waals surface area contributed by atoms with Crippen LogP contribution in [-0.2, 0) is 44.6 Å². The van der Waals surface area contributed by atoms with Crippen molar-refractivity contribution in [1.29, 1.82) is 0 Å². The highest BCUT2D eigenvalue weighted by atomic mass is 32.2. The zero-order valence-corrected chi connectivity index (χ0v) is 18.7. The number of benzene rings is 1. The summed E-state index contributed by atoms with van der Waals surface area (Å²) in [6.07, 6.45) is -0.0989. The molecule has 32 heavy (non-hydrogen) atoms. The summed E-state index contributed by atoms with van der Waals surface area (Å²) in [6, 6.07) is 8.74. The van der Waals surface area contributed by atoms with Crippen LogP contribution in [0, 0.1) is 0 Å². The van der Waals surface area contributed by atoms with Crippen LogP contribution in [-0.4, -0.2) is 72.4 Å². The number of esters is 3. The van der Waals surface area contributed by atoms with Crippen molar-refractivity contribution in [3.63, 3.8) is 0 Å². The largest absolute Gasteiger partial charge is 0.467 e. The summed E-state index contributed by atoms with van der Waals surface area (Å²) in [5.74, 6) is -4.71. The molecule has 1 fully saturated rings. The molecule has 1 saturated heterocycles. The molecule has 0 aromatic heterocycles. The van der Waals surface area contributed by atoms with Gasteiger partial charge in [-0.1, -0.05) is 30.3 Å². The van der Waals surface area contributed by atoms with Gasteiger partial charge in [0.05, 0.1) is 27.8 Å². The summed E-state index contributed by atoms with van der Waals surface area (Å²) in [5.41, 5.74) is -3.51. The molecule has 2 aliphatic heterocycles. The number of methoxy groups -OCH3 is 3. The number of thioether (sulfide) groups is 1. The molecule has 2 aliphatic rings. The Morgan fingerprint density at radius 2 is 1.56 bits per heavy atom. The van der Waals surface area contributed by atoms with Gasteiger partial charge < -0.3 is 19.5 Å². The van der Waals surface area contributed by atoms with Gasteiger partial charge in [0.1, 0.15) is 5.37 Å². The molecular weight excluding hydrogens is 440 g/mol. The lowest BCUT2D eigenvalue weighted by Crippen LogP contribution is -2.89. The minimum Gasteiger partial charge on any atom is -0.467 e. The van der Waals surface area contributed by atoms with E-state index >= 15 is 0 Å². The number of ether oxygens (including phenoxy) is 3. The van der Waals surface area contributed by atoms with Crippen LogP contribution in [0.25, 0.3) is 0 Å². The molecule has 0 aliphatic carbocycles. The summed E-state index contributed by atoms with van der Waals surface area (Å²) >= 11 is 0.994. The van der Waals surface area contributed by atoms with E-state index in [2.05, 4.69) is 5.32 Å². The zero-order valence-electron chi connectivity index (χ0n) is 17.9. The topological polar surface area (TPSA) is 128 Å². The quantitative estimate of drug-likeness (QED) is 0.272. The van der Waals surface area contributed by atoms with E-state index in [0.717, 1.165) is 38.0 Å². The summed E-state index contributed by atoms with van der Waals surface area (Å²) < 4.78 is 14.5. The standard InChI is InChI=1S/C21H22N2O8S/c1-12-11-32-16-20(17(26)29-2,22-14(24)10-13-8-6-5-7-9-13)15(25)23(16)21(12,18(27)30-3)19(28)31-4/h5-9,11,16H,10H2,1-4H3,(H,22,24)/t16-,20-/m1/s1. The molecule has 170 valence electrons. The van der Waals surface area contributed by atoms with Crippen molar-refractivity contribution in [2.24, 2.45) is 0 Å². The van der Waals surface area contributed by atoms with Crippen molar-refractivity contribution in [3.8, 4) is 0 Å². The van der Waals surface area contributed by atoms with Gasteiger partial charge in [0.15, 0.2) is 0 Å². The molecule has 10 nitrogen and oxygen atoms in total. The summed E-state index contributed by atoms with van der Waals surface area (Å²) in [6.45, 7) is 1.47. The minimum absolute atomic E-state index is 0.0989. The Kier molecular flexibility index (Phi) is 6.31. The lowest BCUT2D eigenvalue weighted by atomic mass is 9.77. The molecule has 11 heteroatoms. The summed E-state index contributed by atoms with van der Waals surface area (Å²) in [4.78, 5) is 65.5. The fraction of sp³-hybridized carbons (Fsp3) is 0.381. The van der Waals surface area contributed by atoms with Gasteiger partial charge in [-0.15, -0.1) is 11.8 Å². The third-order valence-corrected chi connectivity index (χ3v) is 6.79. The highest BCUT2D eigenvalue weighted by molar-refractivity contribution is 8.03. The predicted molar refractivity (Wildman–Crippen MR) is 112 cm³/mol. The van der Waals surface area contributed by atoms with Gasteiger partial charge in [-0.05, 0) is 23.5 Å². The number of rotatable bonds is 6. The highest BCUT2D eigenvalue weighted by Crippen LogP contribution is 2.51. The zero-order chi connectivity index (χ0) is 23.7. The number of carbonyl (C=O) groups is 5. The number of hydrogen-bond donors (Lipinski definition) is 1. The maximum absolute atomic E-state index is 13.5. The van der Waals surface area contributed by atoms with E-state index in [0.29, 0.717) is 5.56 Å². The van der Waals surface area contributed by atoms with Crippen molar-refractivity contribution >= 4 is 41.5 Å². The van der Waals surface area contributed by atoms with E-state index in [1.165, 1.54) is 12.3 Å². The van der Waals surface area contributed by atoms with Crippen LogP contribution in [0.2, 0.25) is 0 Å². The molecule has 0 unspecified atom stereocenters. The molecule has 0 radical (unpaired) electrons. The first-order valence-electron chi connectivity index (χ1n) is 9.48. The molecule has 2 atom stereocenters. The van der Waals surface area contributed by atoms with E-state index in [-0.39, 0.29) is 12.0 Å². The van der Waals surface area contributed by atoms with Crippen LogP contribution in [0.5, 0.6) is 0 Å². The van der Waals surface area contributed by atoms with E-state index in [1.807, 2.05) is 0 Å². The van der Waals surface area contributed by atoms with Crippen LogP contribution in [0.15, 0.2) is 41.3 Å². The van der Waals surface area contributed by atoms with E-state index < -0.39 is 46.2 Å². The molecule has 1 N–H and O–H groups in total. The van der Waals surface area contributed by atoms with E-state index in [4.69, 9.17) is 14.2 Å². The summed E-state index contributed by atoms with van der Waals surface area (Å²) in [5, 5.41) is 2.80. The highest BCUT2D eigenvalue weighted by Gasteiger charge is 2.77. The molecular formula is C21H22N2O8S. The van der Waals surface area contributed by atoms with Crippen molar-refractivity contribution in [2.75, 3.05) is 21.3 Å². The molecule has 1 aromatic rings. The monoisotopic (exact) mass is 462 g/mol. The number of amides is 2. The van der Waals surface area contributed by atoms with Crippen molar-refractivity contribution < 1.29 is 38.2 Å². The minimum atomic E-state index is -2.22. The maximum atomic E-state index is 13.5. The second kappa shape index (κ2) is 8.65. The lowest BCUT2D eigenvalue weighted by molar-refractivity contribution is -0.194. The SMILES string of the molecule is COC(=O)C1(C(=O)OC)C(C)=CS[C@H]2N1C(=O)[C@]2(NC(=O)Cc1ccccc1)C(=O)OC. The second-order valence-electron chi connectivity index (χ2n) is 7.17.